The number of esters is 1. The van der Waals surface area contributed by atoms with E-state index in [4.69, 9.17) is 4.74 Å². The zero-order chi connectivity index (χ0) is 25.8. The van der Waals surface area contributed by atoms with E-state index >= 15 is 0 Å². The normalized spacial score (nSPS) is 14.0. The van der Waals surface area contributed by atoms with Crippen LogP contribution >= 0.6 is 0 Å². The Hall–Kier alpha value is -3.12. The summed E-state index contributed by atoms with van der Waals surface area (Å²) in [4.78, 5) is 10.8. The molecule has 1 aliphatic carbocycles. The van der Waals surface area contributed by atoms with Crippen molar-refractivity contribution >= 4 is 5.97 Å². The Kier molecular flexibility index (Phi) is 10.6. The van der Waals surface area contributed by atoms with Crippen LogP contribution in [0.1, 0.15) is 62.1 Å². The average Bonchev–Trinajstić information content (AvgIpc) is 2.92. The van der Waals surface area contributed by atoms with Crippen molar-refractivity contribution in [2.45, 2.75) is 70.8 Å². The molecule has 0 aromatic heterocycles. The molecule has 3 nitrogen and oxygen atoms in total. The Balaban J connectivity index is 0.000000253. The second kappa shape index (κ2) is 13.8. The Morgan fingerprint density at radius 2 is 1.42 bits per heavy atom. The van der Waals surface area contributed by atoms with E-state index in [0.29, 0.717) is 19.1 Å². The highest BCUT2D eigenvalue weighted by atomic mass is 19.4. The first kappa shape index (κ1) is 27.5. The minimum atomic E-state index is -4.28. The average molecular weight is 498 g/mol. The molecule has 1 aliphatic rings. The van der Waals surface area contributed by atoms with Crippen LogP contribution in [-0.2, 0) is 28.9 Å². The van der Waals surface area contributed by atoms with E-state index in [1.165, 1.54) is 49.8 Å². The van der Waals surface area contributed by atoms with Crippen molar-refractivity contribution in [2.75, 3.05) is 0 Å². The monoisotopic (exact) mass is 497 g/mol. The van der Waals surface area contributed by atoms with E-state index in [0.717, 1.165) is 35.4 Å². The Morgan fingerprint density at radius 3 is 1.97 bits per heavy atom. The molecule has 0 bridgehead atoms. The summed E-state index contributed by atoms with van der Waals surface area (Å²) in [5, 5.41) is 3.60. The summed E-state index contributed by atoms with van der Waals surface area (Å²) in [5.74, 6) is -0.154. The van der Waals surface area contributed by atoms with Crippen molar-refractivity contribution in [1.82, 2.24) is 5.32 Å². The zero-order valence-corrected chi connectivity index (χ0v) is 20.7. The number of benzene rings is 3. The molecule has 3 aromatic carbocycles. The van der Waals surface area contributed by atoms with Crippen LogP contribution in [0.15, 0.2) is 78.9 Å². The number of ether oxygens (including phenoxy) is 1. The minimum absolute atomic E-state index is 0.154. The highest BCUT2D eigenvalue weighted by molar-refractivity contribution is 5.68. The van der Waals surface area contributed by atoms with E-state index in [-0.39, 0.29) is 5.97 Å². The molecule has 0 atom stereocenters. The molecule has 6 heteroatoms. The summed E-state index contributed by atoms with van der Waals surface area (Å²) < 4.78 is 42.8. The van der Waals surface area contributed by atoms with Gasteiger partial charge in [-0.15, -0.1) is 0 Å². The van der Waals surface area contributed by atoms with Crippen molar-refractivity contribution in [3.8, 4) is 11.1 Å². The lowest BCUT2D eigenvalue weighted by molar-refractivity contribution is -0.144. The molecule has 0 unspecified atom stereocenters. The van der Waals surface area contributed by atoms with E-state index < -0.39 is 11.7 Å². The standard InChI is InChI=1S/C20H22F3N.C10H12O2/c21-20(22,23)18-12-10-17(11-13-18)16-8-6-15(7-9-16)14-24-19-4-2-1-3-5-19;1-2-10(11)12-8-9-6-4-3-5-7-9/h6-13,19,24H,1-5,14H2;3-7H,2,8H2,1H3. The molecule has 0 heterocycles. The van der Waals surface area contributed by atoms with Gasteiger partial charge in [-0.05, 0) is 47.2 Å². The maximum atomic E-state index is 12.6. The van der Waals surface area contributed by atoms with Gasteiger partial charge in [0.1, 0.15) is 6.61 Å². The number of carbonyl (C=O) groups excluding carboxylic acids is 1. The second-order valence-electron chi connectivity index (χ2n) is 8.99. The van der Waals surface area contributed by atoms with Gasteiger partial charge in [-0.1, -0.05) is 92.9 Å². The summed E-state index contributed by atoms with van der Waals surface area (Å²) in [5.41, 5.74) is 3.36. The smallest absolute Gasteiger partial charge is 0.416 e. The molecular weight excluding hydrogens is 463 g/mol. The van der Waals surface area contributed by atoms with Crippen LogP contribution in [0.3, 0.4) is 0 Å². The van der Waals surface area contributed by atoms with Gasteiger partial charge in [0.25, 0.3) is 0 Å². The molecule has 3 aromatic rings. The van der Waals surface area contributed by atoms with Crippen LogP contribution in [0.25, 0.3) is 11.1 Å². The minimum Gasteiger partial charge on any atom is -0.461 e. The van der Waals surface area contributed by atoms with Gasteiger partial charge < -0.3 is 10.1 Å². The quantitative estimate of drug-likeness (QED) is 0.337. The molecule has 0 saturated heterocycles. The number of nitrogens with one attached hydrogen (secondary N) is 1. The third-order valence-electron chi connectivity index (χ3n) is 6.23. The van der Waals surface area contributed by atoms with Crippen LogP contribution in [0.2, 0.25) is 0 Å². The van der Waals surface area contributed by atoms with Crippen molar-refractivity contribution in [2.24, 2.45) is 0 Å². The van der Waals surface area contributed by atoms with Gasteiger partial charge in [0.2, 0.25) is 0 Å². The van der Waals surface area contributed by atoms with Gasteiger partial charge in [-0.3, -0.25) is 4.79 Å². The molecule has 1 saturated carbocycles. The van der Waals surface area contributed by atoms with Crippen LogP contribution < -0.4 is 5.32 Å². The predicted molar refractivity (Wildman–Crippen MR) is 137 cm³/mol. The molecule has 0 radical (unpaired) electrons. The van der Waals surface area contributed by atoms with Crippen LogP contribution in [0.5, 0.6) is 0 Å². The van der Waals surface area contributed by atoms with Gasteiger partial charge in [0, 0.05) is 19.0 Å². The number of carbonyl (C=O) groups is 1. The molecule has 1 N–H and O–H groups in total. The fourth-order valence-electron chi connectivity index (χ4n) is 4.08. The number of halogens is 3. The maximum Gasteiger partial charge on any atom is 0.416 e. The Morgan fingerprint density at radius 1 is 0.833 bits per heavy atom. The number of rotatable bonds is 7. The van der Waals surface area contributed by atoms with Gasteiger partial charge in [-0.25, -0.2) is 0 Å². The van der Waals surface area contributed by atoms with Crippen molar-refractivity contribution in [1.29, 1.82) is 0 Å². The molecule has 4 rings (SSSR count). The summed E-state index contributed by atoms with van der Waals surface area (Å²) in [6.45, 7) is 3.01. The first-order chi connectivity index (χ1) is 17.3. The summed E-state index contributed by atoms with van der Waals surface area (Å²) >= 11 is 0. The van der Waals surface area contributed by atoms with E-state index in [2.05, 4.69) is 5.32 Å². The highest BCUT2D eigenvalue weighted by Gasteiger charge is 2.29. The Labute approximate surface area is 211 Å². The number of hydrogen-bond acceptors (Lipinski definition) is 3. The lowest BCUT2D eigenvalue weighted by atomic mass is 9.95. The van der Waals surface area contributed by atoms with Crippen LogP contribution in [0.4, 0.5) is 13.2 Å². The van der Waals surface area contributed by atoms with E-state index in [1.54, 1.807) is 6.92 Å². The molecule has 0 spiro atoms. The molecule has 192 valence electrons. The van der Waals surface area contributed by atoms with Crippen LogP contribution in [0, 0.1) is 0 Å². The van der Waals surface area contributed by atoms with Crippen molar-refractivity contribution < 1.29 is 22.7 Å². The van der Waals surface area contributed by atoms with E-state index in [9.17, 15) is 18.0 Å². The molecule has 1 fully saturated rings. The van der Waals surface area contributed by atoms with Gasteiger partial charge in [0.05, 0.1) is 5.56 Å². The first-order valence-electron chi connectivity index (χ1n) is 12.5. The summed E-state index contributed by atoms with van der Waals surface area (Å²) in [7, 11) is 0. The topological polar surface area (TPSA) is 38.3 Å². The maximum absolute atomic E-state index is 12.6. The zero-order valence-electron chi connectivity index (χ0n) is 20.7. The number of hydrogen-bond donors (Lipinski definition) is 1. The van der Waals surface area contributed by atoms with Crippen molar-refractivity contribution in [3.63, 3.8) is 0 Å². The van der Waals surface area contributed by atoms with Gasteiger partial charge in [0.15, 0.2) is 0 Å². The second-order valence-corrected chi connectivity index (χ2v) is 8.99. The van der Waals surface area contributed by atoms with E-state index in [1.807, 2.05) is 54.6 Å². The van der Waals surface area contributed by atoms with Crippen molar-refractivity contribution in [3.05, 3.63) is 95.6 Å². The fourth-order valence-corrected chi connectivity index (χ4v) is 4.08. The lowest BCUT2D eigenvalue weighted by Crippen LogP contribution is -2.30. The highest BCUT2D eigenvalue weighted by Crippen LogP contribution is 2.31. The predicted octanol–water partition coefficient (Wildman–Crippen LogP) is 7.93. The van der Waals surface area contributed by atoms with Crippen LogP contribution in [-0.4, -0.2) is 12.0 Å². The van der Waals surface area contributed by atoms with Gasteiger partial charge >= 0.3 is 12.1 Å². The summed E-state index contributed by atoms with van der Waals surface area (Å²) in [6, 6.07) is 23.6. The fraction of sp³-hybridized carbons (Fsp3) is 0.367. The SMILES string of the molecule is CCC(=O)OCc1ccccc1.FC(F)(F)c1ccc(-c2ccc(CNC3CCCCC3)cc2)cc1. The third kappa shape index (κ3) is 9.15. The molecular formula is C30H34F3NO2. The molecule has 36 heavy (non-hydrogen) atoms. The summed E-state index contributed by atoms with van der Waals surface area (Å²) in [6.07, 6.45) is 2.63. The molecule has 0 aliphatic heterocycles. The molecule has 0 amide bonds. The number of alkyl halides is 3. The lowest BCUT2D eigenvalue weighted by Gasteiger charge is -2.22. The third-order valence-corrected chi connectivity index (χ3v) is 6.23. The largest absolute Gasteiger partial charge is 0.461 e. The first-order valence-corrected chi connectivity index (χ1v) is 12.5. The Bertz CT molecular complexity index is 1040. The van der Waals surface area contributed by atoms with Gasteiger partial charge in [-0.2, -0.15) is 13.2 Å².